The molecule has 17 heavy (non-hydrogen) atoms. The number of nitrogens with one attached hydrogen (secondary N) is 2. The zero-order valence-corrected chi connectivity index (χ0v) is 9.80. The molecule has 0 aromatic heterocycles. The summed E-state index contributed by atoms with van der Waals surface area (Å²) in [5.74, 6) is 1.18. The van der Waals surface area contributed by atoms with Crippen molar-refractivity contribution >= 4 is 11.4 Å². The smallest absolute Gasteiger partial charge is 0.112 e. The van der Waals surface area contributed by atoms with Gasteiger partial charge in [0.2, 0.25) is 0 Å². The van der Waals surface area contributed by atoms with Gasteiger partial charge in [0.1, 0.15) is 5.82 Å². The Bertz CT molecular complexity index is 591. The molecule has 84 valence electrons. The van der Waals surface area contributed by atoms with Gasteiger partial charge in [-0.3, -0.25) is 0 Å². The number of hydrogen-bond donors (Lipinski definition) is 2. The van der Waals surface area contributed by atoms with Crippen LogP contribution in [0.15, 0.2) is 58.5 Å². The lowest BCUT2D eigenvalue weighted by Gasteiger charge is -2.09. The van der Waals surface area contributed by atoms with Gasteiger partial charge < -0.3 is 10.6 Å². The van der Waals surface area contributed by atoms with Gasteiger partial charge in [0, 0.05) is 5.57 Å². The molecule has 4 rings (SSSR count). The first-order chi connectivity index (χ1) is 8.31. The van der Waals surface area contributed by atoms with Crippen LogP contribution in [-0.2, 0) is 0 Å². The van der Waals surface area contributed by atoms with E-state index < -0.39 is 0 Å². The van der Waals surface area contributed by atoms with Gasteiger partial charge in [-0.1, -0.05) is 29.4 Å². The number of benzene rings is 1. The number of hydrogen-bond acceptors (Lipinski definition) is 2. The Kier molecular flexibility index (Phi) is 1.63. The molecule has 0 radical (unpaired) electrons. The van der Waals surface area contributed by atoms with Crippen molar-refractivity contribution in [1.82, 2.24) is 0 Å². The average Bonchev–Trinajstić information content (AvgIpc) is 2.99. The van der Waals surface area contributed by atoms with E-state index >= 15 is 0 Å². The van der Waals surface area contributed by atoms with Crippen LogP contribution >= 0.6 is 0 Å². The zero-order valence-electron chi connectivity index (χ0n) is 9.80. The van der Waals surface area contributed by atoms with E-state index in [0.29, 0.717) is 0 Å². The van der Waals surface area contributed by atoms with Crippen LogP contribution in [0, 0.1) is 0 Å². The van der Waals surface area contributed by atoms with Crippen molar-refractivity contribution in [3.05, 3.63) is 58.5 Å². The maximum Gasteiger partial charge on any atom is 0.112 e. The topological polar surface area (TPSA) is 24.1 Å². The Hall–Kier alpha value is -1.96. The molecule has 1 fully saturated rings. The molecular formula is C15H14N2. The number of para-hydroxylation sites is 2. The molecule has 1 aliphatic heterocycles. The van der Waals surface area contributed by atoms with Crippen LogP contribution in [0.5, 0.6) is 0 Å². The predicted molar refractivity (Wildman–Crippen MR) is 70.7 cm³/mol. The molecule has 1 aromatic carbocycles. The fourth-order valence-electron chi connectivity index (χ4n) is 2.91. The van der Waals surface area contributed by atoms with Gasteiger partial charge in [0.25, 0.3) is 0 Å². The van der Waals surface area contributed by atoms with Gasteiger partial charge in [-0.05, 0) is 37.5 Å². The summed E-state index contributed by atoms with van der Waals surface area (Å²) in [4.78, 5) is 0. The standard InChI is InChI=1S/C15H14N2/c1-9-6-11-7-10(9)8-12(11)15-16-13-4-2-3-5-14(13)17-15/h2-6,16-17H,7-8H2,1H3. The summed E-state index contributed by atoms with van der Waals surface area (Å²) < 4.78 is 0. The van der Waals surface area contributed by atoms with E-state index in [1.165, 1.54) is 33.9 Å². The summed E-state index contributed by atoms with van der Waals surface area (Å²) in [6.45, 7) is 2.22. The van der Waals surface area contributed by atoms with Crippen molar-refractivity contribution in [3.63, 3.8) is 0 Å². The number of allylic oxidation sites excluding steroid dienone is 5. The van der Waals surface area contributed by atoms with Crippen molar-refractivity contribution in [2.45, 2.75) is 19.8 Å². The lowest BCUT2D eigenvalue weighted by Crippen LogP contribution is -2.04. The Labute approximate surface area is 101 Å². The van der Waals surface area contributed by atoms with Crippen LogP contribution in [-0.4, -0.2) is 0 Å². The van der Waals surface area contributed by atoms with Crippen molar-refractivity contribution < 1.29 is 0 Å². The number of rotatable bonds is 0. The van der Waals surface area contributed by atoms with Crippen LogP contribution in [0.1, 0.15) is 19.8 Å². The molecule has 2 aliphatic carbocycles. The van der Waals surface area contributed by atoms with E-state index in [1.807, 2.05) is 0 Å². The molecule has 2 heteroatoms. The predicted octanol–water partition coefficient (Wildman–Crippen LogP) is 3.79. The van der Waals surface area contributed by atoms with Crippen molar-refractivity contribution in [2.75, 3.05) is 10.6 Å². The molecule has 2 nitrogen and oxygen atoms in total. The second-order valence-corrected chi connectivity index (χ2v) is 4.96. The summed E-state index contributed by atoms with van der Waals surface area (Å²) in [6.07, 6.45) is 4.60. The fraction of sp³-hybridized carbons (Fsp3) is 0.200. The highest BCUT2D eigenvalue weighted by Gasteiger charge is 2.29. The molecule has 3 aliphatic rings. The van der Waals surface area contributed by atoms with E-state index in [1.54, 1.807) is 5.57 Å². The highest BCUT2D eigenvalue weighted by Crippen LogP contribution is 2.45. The average molecular weight is 222 g/mol. The Morgan fingerprint density at radius 2 is 1.71 bits per heavy atom. The minimum atomic E-state index is 1.11. The van der Waals surface area contributed by atoms with Crippen LogP contribution < -0.4 is 10.6 Å². The van der Waals surface area contributed by atoms with E-state index in [2.05, 4.69) is 47.9 Å². The summed E-state index contributed by atoms with van der Waals surface area (Å²) in [6, 6.07) is 8.35. The van der Waals surface area contributed by atoms with Gasteiger partial charge in [-0.15, -0.1) is 0 Å². The highest BCUT2D eigenvalue weighted by molar-refractivity contribution is 5.80. The quantitative estimate of drug-likeness (QED) is 0.698. The molecule has 0 unspecified atom stereocenters. The lowest BCUT2D eigenvalue weighted by atomic mass is 10.0. The second-order valence-electron chi connectivity index (χ2n) is 4.96. The maximum atomic E-state index is 3.48. The minimum absolute atomic E-state index is 1.11. The van der Waals surface area contributed by atoms with Crippen molar-refractivity contribution in [2.24, 2.45) is 0 Å². The lowest BCUT2D eigenvalue weighted by molar-refractivity contribution is 1.15. The van der Waals surface area contributed by atoms with Gasteiger partial charge >= 0.3 is 0 Å². The molecule has 1 aromatic rings. The van der Waals surface area contributed by atoms with E-state index in [4.69, 9.17) is 0 Å². The normalized spacial score (nSPS) is 20.4. The van der Waals surface area contributed by atoms with E-state index in [-0.39, 0.29) is 0 Å². The summed E-state index contributed by atoms with van der Waals surface area (Å²) >= 11 is 0. The number of fused-ring (bicyclic) bond motifs is 3. The SMILES string of the molecule is CC1=C2CC(=C1)C(=C1Nc3ccccc3N1)C2. The molecular weight excluding hydrogens is 208 g/mol. The molecule has 1 saturated carbocycles. The van der Waals surface area contributed by atoms with E-state index in [9.17, 15) is 0 Å². The van der Waals surface area contributed by atoms with Crippen LogP contribution in [0.4, 0.5) is 11.4 Å². The molecule has 0 saturated heterocycles. The summed E-state index contributed by atoms with van der Waals surface area (Å²) in [7, 11) is 0. The van der Waals surface area contributed by atoms with Gasteiger partial charge in [0.15, 0.2) is 0 Å². The zero-order chi connectivity index (χ0) is 11.4. The van der Waals surface area contributed by atoms with Crippen molar-refractivity contribution in [1.29, 1.82) is 0 Å². The molecule has 0 amide bonds. The largest absolute Gasteiger partial charge is 0.340 e. The summed E-state index contributed by atoms with van der Waals surface area (Å²) in [5, 5.41) is 6.96. The summed E-state index contributed by atoms with van der Waals surface area (Å²) in [5.41, 5.74) is 8.36. The van der Waals surface area contributed by atoms with Gasteiger partial charge in [-0.25, -0.2) is 0 Å². The highest BCUT2D eigenvalue weighted by atomic mass is 15.2. The Balaban J connectivity index is 1.75. The first-order valence-electron chi connectivity index (χ1n) is 6.07. The third-order valence-electron chi connectivity index (χ3n) is 3.88. The van der Waals surface area contributed by atoms with Crippen LogP contribution in [0.3, 0.4) is 0 Å². The second kappa shape index (κ2) is 3.04. The first kappa shape index (κ1) is 9.11. The molecule has 2 N–H and O–H groups in total. The number of anilines is 2. The van der Waals surface area contributed by atoms with Gasteiger partial charge in [0.05, 0.1) is 11.4 Å². The minimum Gasteiger partial charge on any atom is -0.340 e. The Morgan fingerprint density at radius 3 is 2.24 bits per heavy atom. The molecule has 0 atom stereocenters. The maximum absolute atomic E-state index is 3.48. The van der Waals surface area contributed by atoms with Crippen LogP contribution in [0.2, 0.25) is 0 Å². The molecule has 1 heterocycles. The van der Waals surface area contributed by atoms with Crippen LogP contribution in [0.25, 0.3) is 0 Å². The first-order valence-corrected chi connectivity index (χ1v) is 6.07. The third kappa shape index (κ3) is 1.21. The molecule has 0 spiro atoms. The van der Waals surface area contributed by atoms with Crippen molar-refractivity contribution in [3.8, 4) is 0 Å². The third-order valence-corrected chi connectivity index (χ3v) is 3.88. The van der Waals surface area contributed by atoms with Gasteiger partial charge in [-0.2, -0.15) is 0 Å². The molecule has 2 bridgehead atoms. The van der Waals surface area contributed by atoms with E-state index in [0.717, 1.165) is 12.8 Å². The Morgan fingerprint density at radius 1 is 1.00 bits per heavy atom. The fourth-order valence-corrected chi connectivity index (χ4v) is 2.91. The monoisotopic (exact) mass is 222 g/mol.